The molecule has 1 heterocycles. The molecule has 0 aromatic heterocycles. The lowest BCUT2D eigenvalue weighted by atomic mass is 10.2. The zero-order chi connectivity index (χ0) is 15.5. The predicted molar refractivity (Wildman–Crippen MR) is 81.2 cm³/mol. The summed E-state index contributed by atoms with van der Waals surface area (Å²) in [5, 5.41) is 2.57. The van der Waals surface area contributed by atoms with Crippen molar-refractivity contribution in [1.29, 1.82) is 0 Å². The standard InChI is InChI=1S/C17H15FN2O2/c18-14-7-5-13(6-8-14)17(22)19-11-16(21)20-10-9-12-3-1-2-4-15(12)20/h1-8H,9-11H2,(H,19,22). The number of fused-ring (bicyclic) bond motifs is 1. The van der Waals surface area contributed by atoms with E-state index in [2.05, 4.69) is 5.32 Å². The molecule has 22 heavy (non-hydrogen) atoms. The van der Waals surface area contributed by atoms with Crippen molar-refractivity contribution < 1.29 is 14.0 Å². The summed E-state index contributed by atoms with van der Waals surface area (Å²) in [6.07, 6.45) is 0.827. The van der Waals surface area contributed by atoms with Gasteiger partial charge in [-0.05, 0) is 42.3 Å². The molecule has 2 aromatic carbocycles. The Morgan fingerprint density at radius 1 is 1.09 bits per heavy atom. The van der Waals surface area contributed by atoms with E-state index < -0.39 is 5.82 Å². The van der Waals surface area contributed by atoms with E-state index in [1.807, 2.05) is 24.3 Å². The number of nitrogens with zero attached hydrogens (tertiary/aromatic N) is 1. The number of para-hydroxylation sites is 1. The number of anilines is 1. The highest BCUT2D eigenvalue weighted by Gasteiger charge is 2.24. The second-order valence-corrected chi connectivity index (χ2v) is 5.11. The Morgan fingerprint density at radius 3 is 2.59 bits per heavy atom. The second-order valence-electron chi connectivity index (χ2n) is 5.11. The lowest BCUT2D eigenvalue weighted by Crippen LogP contribution is -2.39. The molecule has 5 heteroatoms. The van der Waals surface area contributed by atoms with Gasteiger partial charge in [-0.2, -0.15) is 0 Å². The Labute approximate surface area is 127 Å². The fraction of sp³-hybridized carbons (Fsp3) is 0.176. The Balaban J connectivity index is 1.61. The summed E-state index contributed by atoms with van der Waals surface area (Å²) in [5.74, 6) is -0.942. The van der Waals surface area contributed by atoms with Gasteiger partial charge in [-0.3, -0.25) is 9.59 Å². The number of hydrogen-bond donors (Lipinski definition) is 1. The fourth-order valence-electron chi connectivity index (χ4n) is 2.55. The first-order chi connectivity index (χ1) is 10.6. The van der Waals surface area contributed by atoms with Crippen LogP contribution in [0.4, 0.5) is 10.1 Å². The normalized spacial score (nSPS) is 12.9. The third-order valence-corrected chi connectivity index (χ3v) is 3.69. The van der Waals surface area contributed by atoms with Crippen molar-refractivity contribution in [3.63, 3.8) is 0 Å². The summed E-state index contributed by atoms with van der Waals surface area (Å²) < 4.78 is 12.8. The first-order valence-corrected chi connectivity index (χ1v) is 7.07. The van der Waals surface area contributed by atoms with Gasteiger partial charge < -0.3 is 10.2 Å². The van der Waals surface area contributed by atoms with Crippen molar-refractivity contribution in [2.75, 3.05) is 18.0 Å². The van der Waals surface area contributed by atoms with Gasteiger partial charge in [0.2, 0.25) is 5.91 Å². The number of benzene rings is 2. The number of carbonyl (C=O) groups is 2. The Bertz CT molecular complexity index is 713. The van der Waals surface area contributed by atoms with Gasteiger partial charge in [-0.25, -0.2) is 4.39 Å². The van der Waals surface area contributed by atoms with Crippen LogP contribution in [0.25, 0.3) is 0 Å². The molecule has 1 N–H and O–H groups in total. The van der Waals surface area contributed by atoms with Crippen molar-refractivity contribution in [1.82, 2.24) is 5.32 Å². The van der Waals surface area contributed by atoms with E-state index in [1.165, 1.54) is 24.3 Å². The zero-order valence-corrected chi connectivity index (χ0v) is 11.9. The zero-order valence-electron chi connectivity index (χ0n) is 11.9. The number of amides is 2. The highest BCUT2D eigenvalue weighted by molar-refractivity contribution is 6.01. The highest BCUT2D eigenvalue weighted by atomic mass is 19.1. The minimum Gasteiger partial charge on any atom is -0.343 e. The molecular formula is C17H15FN2O2. The Morgan fingerprint density at radius 2 is 1.82 bits per heavy atom. The molecule has 112 valence electrons. The van der Waals surface area contributed by atoms with Crippen LogP contribution in [0.15, 0.2) is 48.5 Å². The van der Waals surface area contributed by atoms with Crippen molar-refractivity contribution >= 4 is 17.5 Å². The monoisotopic (exact) mass is 298 g/mol. The lowest BCUT2D eigenvalue weighted by Gasteiger charge is -2.17. The number of halogens is 1. The largest absolute Gasteiger partial charge is 0.343 e. The maximum atomic E-state index is 12.8. The van der Waals surface area contributed by atoms with Crippen LogP contribution >= 0.6 is 0 Å². The van der Waals surface area contributed by atoms with Crippen molar-refractivity contribution in [2.45, 2.75) is 6.42 Å². The van der Waals surface area contributed by atoms with Crippen LogP contribution < -0.4 is 10.2 Å². The minimum atomic E-state index is -0.402. The molecule has 4 nitrogen and oxygen atoms in total. The number of nitrogens with one attached hydrogen (secondary N) is 1. The molecule has 0 saturated heterocycles. The maximum Gasteiger partial charge on any atom is 0.251 e. The average molecular weight is 298 g/mol. The minimum absolute atomic E-state index is 0.0788. The molecule has 0 radical (unpaired) electrons. The summed E-state index contributed by atoms with van der Waals surface area (Å²) in [7, 11) is 0. The van der Waals surface area contributed by atoms with Gasteiger partial charge >= 0.3 is 0 Å². The van der Waals surface area contributed by atoms with Crippen LogP contribution in [0.5, 0.6) is 0 Å². The lowest BCUT2D eigenvalue weighted by molar-refractivity contribution is -0.117. The molecule has 0 saturated carbocycles. The SMILES string of the molecule is O=C(NCC(=O)N1CCc2ccccc21)c1ccc(F)cc1. The van der Waals surface area contributed by atoms with Gasteiger partial charge in [0.05, 0.1) is 6.54 Å². The molecule has 0 aliphatic carbocycles. The molecule has 3 rings (SSSR count). The average Bonchev–Trinajstić information content (AvgIpc) is 2.97. The summed E-state index contributed by atoms with van der Waals surface area (Å²) in [5.41, 5.74) is 2.38. The molecule has 0 bridgehead atoms. The van der Waals surface area contributed by atoms with Crippen molar-refractivity contribution in [3.05, 3.63) is 65.5 Å². The van der Waals surface area contributed by atoms with Crippen molar-refractivity contribution in [2.24, 2.45) is 0 Å². The highest BCUT2D eigenvalue weighted by Crippen LogP contribution is 2.27. The fourth-order valence-corrected chi connectivity index (χ4v) is 2.55. The van der Waals surface area contributed by atoms with Crippen LogP contribution in [0, 0.1) is 5.82 Å². The molecule has 0 unspecified atom stereocenters. The van der Waals surface area contributed by atoms with E-state index in [9.17, 15) is 14.0 Å². The molecule has 1 aliphatic heterocycles. The summed E-state index contributed by atoms with van der Waals surface area (Å²) >= 11 is 0. The molecule has 1 aliphatic rings. The van der Waals surface area contributed by atoms with E-state index in [-0.39, 0.29) is 18.4 Å². The van der Waals surface area contributed by atoms with E-state index in [0.717, 1.165) is 17.7 Å². The van der Waals surface area contributed by atoms with E-state index >= 15 is 0 Å². The van der Waals surface area contributed by atoms with Gasteiger partial charge in [0, 0.05) is 17.8 Å². The second kappa shape index (κ2) is 5.97. The summed E-state index contributed by atoms with van der Waals surface area (Å²) in [6.45, 7) is 0.551. The number of rotatable bonds is 3. The van der Waals surface area contributed by atoms with Gasteiger partial charge in [0.15, 0.2) is 0 Å². The van der Waals surface area contributed by atoms with Gasteiger partial charge in [0.1, 0.15) is 5.82 Å². The van der Waals surface area contributed by atoms with E-state index in [4.69, 9.17) is 0 Å². The van der Waals surface area contributed by atoms with Gasteiger partial charge in [0.25, 0.3) is 5.91 Å². The maximum absolute atomic E-state index is 12.8. The third kappa shape index (κ3) is 2.83. The van der Waals surface area contributed by atoms with Gasteiger partial charge in [-0.1, -0.05) is 18.2 Å². The number of hydrogen-bond acceptors (Lipinski definition) is 2. The third-order valence-electron chi connectivity index (χ3n) is 3.69. The topological polar surface area (TPSA) is 49.4 Å². The molecule has 0 atom stereocenters. The smallest absolute Gasteiger partial charge is 0.251 e. The van der Waals surface area contributed by atoms with Crippen molar-refractivity contribution in [3.8, 4) is 0 Å². The van der Waals surface area contributed by atoms with Crippen LogP contribution in [0.3, 0.4) is 0 Å². The van der Waals surface area contributed by atoms with Crippen LogP contribution in [0.2, 0.25) is 0 Å². The van der Waals surface area contributed by atoms with Crippen LogP contribution in [-0.4, -0.2) is 24.9 Å². The van der Waals surface area contributed by atoms with Gasteiger partial charge in [-0.15, -0.1) is 0 Å². The van der Waals surface area contributed by atoms with E-state index in [1.54, 1.807) is 4.90 Å². The van der Waals surface area contributed by atoms with E-state index in [0.29, 0.717) is 12.1 Å². The van der Waals surface area contributed by atoms with Crippen LogP contribution in [-0.2, 0) is 11.2 Å². The molecule has 0 spiro atoms. The van der Waals surface area contributed by atoms with Crippen LogP contribution in [0.1, 0.15) is 15.9 Å². The summed E-state index contributed by atoms with van der Waals surface area (Å²) in [4.78, 5) is 25.8. The number of carbonyl (C=O) groups excluding carboxylic acids is 2. The molecule has 2 aromatic rings. The molecule has 0 fully saturated rings. The Hall–Kier alpha value is -2.69. The first kappa shape index (κ1) is 14.3. The predicted octanol–water partition coefficient (Wildman–Crippen LogP) is 2.14. The Kier molecular flexibility index (Phi) is 3.87. The molecule has 2 amide bonds. The first-order valence-electron chi connectivity index (χ1n) is 7.07. The quantitative estimate of drug-likeness (QED) is 0.944. The molecular weight excluding hydrogens is 283 g/mol. The summed E-state index contributed by atoms with van der Waals surface area (Å²) in [6, 6.07) is 13.0.